The van der Waals surface area contributed by atoms with Crippen LogP contribution in [0.4, 0.5) is 5.69 Å². The quantitative estimate of drug-likeness (QED) is 0.543. The summed E-state index contributed by atoms with van der Waals surface area (Å²) in [5.41, 5.74) is 4.73. The van der Waals surface area contributed by atoms with Crippen LogP contribution in [0.2, 0.25) is 0 Å². The molecule has 2 N–H and O–H groups in total. The SMILES string of the molecule is CCc1ccc(NC(=O)C(C#N)=Cc2c(C)[nH]c3ccccc23)cc1. The number of H-pyrrole nitrogens is 1. The van der Waals surface area contributed by atoms with Crippen LogP contribution in [0.3, 0.4) is 0 Å². The fourth-order valence-electron chi connectivity index (χ4n) is 2.80. The lowest BCUT2D eigenvalue weighted by Crippen LogP contribution is -2.13. The Morgan fingerprint density at radius 1 is 1.20 bits per heavy atom. The number of aryl methyl sites for hydroxylation is 2. The van der Waals surface area contributed by atoms with Gasteiger partial charge in [0.25, 0.3) is 5.91 Å². The van der Waals surface area contributed by atoms with E-state index >= 15 is 0 Å². The topological polar surface area (TPSA) is 68.7 Å². The molecule has 4 heteroatoms. The number of aromatic nitrogens is 1. The first kappa shape index (κ1) is 16.5. The summed E-state index contributed by atoms with van der Waals surface area (Å²) in [4.78, 5) is 15.7. The van der Waals surface area contributed by atoms with Crippen molar-refractivity contribution in [3.63, 3.8) is 0 Å². The number of anilines is 1. The van der Waals surface area contributed by atoms with E-state index in [1.54, 1.807) is 6.08 Å². The average molecular weight is 329 g/mol. The van der Waals surface area contributed by atoms with E-state index in [0.717, 1.165) is 28.6 Å². The zero-order valence-corrected chi connectivity index (χ0v) is 14.3. The van der Waals surface area contributed by atoms with Crippen molar-refractivity contribution in [1.82, 2.24) is 4.98 Å². The first-order chi connectivity index (χ1) is 12.1. The summed E-state index contributed by atoms with van der Waals surface area (Å²) in [7, 11) is 0. The molecule has 0 bridgehead atoms. The van der Waals surface area contributed by atoms with Gasteiger partial charge in [0.1, 0.15) is 11.6 Å². The van der Waals surface area contributed by atoms with Gasteiger partial charge in [0.15, 0.2) is 0 Å². The highest BCUT2D eigenvalue weighted by Crippen LogP contribution is 2.24. The zero-order valence-electron chi connectivity index (χ0n) is 14.3. The van der Waals surface area contributed by atoms with Crippen LogP contribution in [0.1, 0.15) is 23.7 Å². The smallest absolute Gasteiger partial charge is 0.266 e. The lowest BCUT2D eigenvalue weighted by molar-refractivity contribution is -0.112. The van der Waals surface area contributed by atoms with Crippen molar-refractivity contribution in [3.8, 4) is 6.07 Å². The third-order valence-corrected chi connectivity index (χ3v) is 4.22. The van der Waals surface area contributed by atoms with Crippen LogP contribution in [0.5, 0.6) is 0 Å². The molecule has 0 atom stereocenters. The third-order valence-electron chi connectivity index (χ3n) is 4.22. The monoisotopic (exact) mass is 329 g/mol. The number of rotatable bonds is 4. The van der Waals surface area contributed by atoms with E-state index in [2.05, 4.69) is 17.2 Å². The van der Waals surface area contributed by atoms with Gasteiger partial charge in [-0.05, 0) is 43.2 Å². The minimum Gasteiger partial charge on any atom is -0.358 e. The molecule has 1 amide bonds. The Morgan fingerprint density at radius 3 is 2.60 bits per heavy atom. The summed E-state index contributed by atoms with van der Waals surface area (Å²) in [6.07, 6.45) is 2.58. The number of para-hydroxylation sites is 1. The molecule has 2 aromatic carbocycles. The van der Waals surface area contributed by atoms with Gasteiger partial charge in [-0.2, -0.15) is 5.26 Å². The average Bonchev–Trinajstić information content (AvgIpc) is 2.95. The number of benzene rings is 2. The fraction of sp³-hybridized carbons (Fsp3) is 0.143. The Bertz CT molecular complexity index is 988. The summed E-state index contributed by atoms with van der Waals surface area (Å²) >= 11 is 0. The number of hydrogen-bond donors (Lipinski definition) is 2. The second-order valence-electron chi connectivity index (χ2n) is 5.88. The molecule has 4 nitrogen and oxygen atoms in total. The first-order valence-corrected chi connectivity index (χ1v) is 8.21. The Balaban J connectivity index is 1.90. The molecule has 0 aliphatic rings. The summed E-state index contributed by atoms with van der Waals surface area (Å²) < 4.78 is 0. The summed E-state index contributed by atoms with van der Waals surface area (Å²) in [5.74, 6) is -0.406. The van der Waals surface area contributed by atoms with E-state index < -0.39 is 5.91 Å². The van der Waals surface area contributed by atoms with Crippen molar-refractivity contribution in [1.29, 1.82) is 5.26 Å². The highest BCUT2D eigenvalue weighted by atomic mass is 16.1. The predicted octanol–water partition coefficient (Wildman–Crippen LogP) is 4.58. The van der Waals surface area contributed by atoms with Crippen LogP contribution in [0.15, 0.2) is 54.1 Å². The molecule has 1 heterocycles. The molecule has 0 spiro atoms. The van der Waals surface area contributed by atoms with E-state index in [9.17, 15) is 10.1 Å². The minimum atomic E-state index is -0.406. The second kappa shape index (κ2) is 7.06. The van der Waals surface area contributed by atoms with Crippen LogP contribution in [0.25, 0.3) is 17.0 Å². The number of hydrogen-bond acceptors (Lipinski definition) is 2. The summed E-state index contributed by atoms with van der Waals surface area (Å²) in [5, 5.41) is 13.2. The molecule has 0 saturated carbocycles. The molecule has 3 rings (SSSR count). The van der Waals surface area contributed by atoms with E-state index in [-0.39, 0.29) is 5.57 Å². The van der Waals surface area contributed by atoms with Crippen molar-refractivity contribution >= 4 is 28.6 Å². The first-order valence-electron chi connectivity index (χ1n) is 8.21. The summed E-state index contributed by atoms with van der Waals surface area (Å²) in [6.45, 7) is 4.01. The molecular weight excluding hydrogens is 310 g/mol. The maximum absolute atomic E-state index is 12.5. The van der Waals surface area contributed by atoms with E-state index in [0.29, 0.717) is 5.69 Å². The number of aromatic amines is 1. The molecule has 0 aliphatic heterocycles. The normalized spacial score (nSPS) is 11.3. The van der Waals surface area contributed by atoms with Gasteiger partial charge in [-0.15, -0.1) is 0 Å². The van der Waals surface area contributed by atoms with Crippen molar-refractivity contribution in [2.75, 3.05) is 5.32 Å². The van der Waals surface area contributed by atoms with E-state index in [4.69, 9.17) is 0 Å². The molecule has 3 aromatic rings. The van der Waals surface area contributed by atoms with Gasteiger partial charge in [-0.1, -0.05) is 37.3 Å². The number of carbonyl (C=O) groups excluding carboxylic acids is 1. The van der Waals surface area contributed by atoms with E-state index in [1.807, 2.05) is 61.5 Å². The number of fused-ring (bicyclic) bond motifs is 1. The highest BCUT2D eigenvalue weighted by molar-refractivity contribution is 6.11. The lowest BCUT2D eigenvalue weighted by Gasteiger charge is -2.05. The van der Waals surface area contributed by atoms with Crippen LogP contribution >= 0.6 is 0 Å². The molecular formula is C21H19N3O. The van der Waals surface area contributed by atoms with Gasteiger partial charge in [0.2, 0.25) is 0 Å². The van der Waals surface area contributed by atoms with Crippen molar-refractivity contribution in [3.05, 3.63) is 70.9 Å². The molecule has 0 aliphatic carbocycles. The molecule has 1 aromatic heterocycles. The van der Waals surface area contributed by atoms with Gasteiger partial charge in [-0.3, -0.25) is 4.79 Å². The predicted molar refractivity (Wildman–Crippen MR) is 101 cm³/mol. The Morgan fingerprint density at radius 2 is 1.92 bits per heavy atom. The zero-order chi connectivity index (χ0) is 17.8. The number of carbonyl (C=O) groups is 1. The molecule has 0 fully saturated rings. The standard InChI is InChI=1S/C21H19N3O/c1-3-15-8-10-17(11-9-15)24-21(25)16(13-22)12-19-14(2)23-20-7-5-4-6-18(19)20/h4-12,23H,3H2,1-2H3,(H,24,25). The highest BCUT2D eigenvalue weighted by Gasteiger charge is 2.13. The number of nitrogens with one attached hydrogen (secondary N) is 2. The molecule has 0 unspecified atom stereocenters. The Labute approximate surface area is 146 Å². The van der Waals surface area contributed by atoms with Gasteiger partial charge >= 0.3 is 0 Å². The Hall–Kier alpha value is -3.32. The minimum absolute atomic E-state index is 0.0763. The maximum atomic E-state index is 12.5. The second-order valence-corrected chi connectivity index (χ2v) is 5.88. The van der Waals surface area contributed by atoms with Gasteiger partial charge in [0.05, 0.1) is 0 Å². The van der Waals surface area contributed by atoms with Crippen molar-refractivity contribution in [2.24, 2.45) is 0 Å². The van der Waals surface area contributed by atoms with Crippen molar-refractivity contribution < 1.29 is 4.79 Å². The Kier molecular flexibility index (Phi) is 4.67. The van der Waals surface area contributed by atoms with Crippen molar-refractivity contribution in [2.45, 2.75) is 20.3 Å². The van der Waals surface area contributed by atoms with Crippen LogP contribution in [-0.4, -0.2) is 10.9 Å². The number of amides is 1. The largest absolute Gasteiger partial charge is 0.358 e. The van der Waals surface area contributed by atoms with Crippen LogP contribution in [0, 0.1) is 18.3 Å². The maximum Gasteiger partial charge on any atom is 0.266 e. The number of nitriles is 1. The van der Waals surface area contributed by atoms with Gasteiger partial charge < -0.3 is 10.3 Å². The lowest BCUT2D eigenvalue weighted by atomic mass is 10.1. The van der Waals surface area contributed by atoms with Gasteiger partial charge in [-0.25, -0.2) is 0 Å². The molecule has 124 valence electrons. The summed E-state index contributed by atoms with van der Waals surface area (Å²) in [6, 6.07) is 17.5. The van der Waals surface area contributed by atoms with Crippen LogP contribution < -0.4 is 5.32 Å². The molecule has 25 heavy (non-hydrogen) atoms. The van der Waals surface area contributed by atoms with Crippen LogP contribution in [-0.2, 0) is 11.2 Å². The molecule has 0 radical (unpaired) electrons. The van der Waals surface area contributed by atoms with E-state index in [1.165, 1.54) is 5.56 Å². The van der Waals surface area contributed by atoms with Gasteiger partial charge in [0, 0.05) is 27.8 Å². The fourth-order valence-corrected chi connectivity index (χ4v) is 2.80. The third kappa shape index (κ3) is 3.46. The molecule has 0 saturated heterocycles. The number of nitrogens with zero attached hydrogens (tertiary/aromatic N) is 1.